The first-order valence-corrected chi connectivity index (χ1v) is 7.45. The largest absolute Gasteiger partial charge is 0.369 e. The van der Waals surface area contributed by atoms with Crippen LogP contribution in [-0.2, 0) is 0 Å². The highest BCUT2D eigenvalue weighted by Gasteiger charge is 2.11. The van der Waals surface area contributed by atoms with E-state index in [4.69, 9.17) is 0 Å². The second-order valence-corrected chi connectivity index (χ2v) is 5.86. The van der Waals surface area contributed by atoms with Crippen LogP contribution in [0.15, 0.2) is 18.3 Å². The summed E-state index contributed by atoms with van der Waals surface area (Å²) in [6.07, 6.45) is 1.87. The second-order valence-electron chi connectivity index (χ2n) is 4.69. The van der Waals surface area contributed by atoms with E-state index in [1.807, 2.05) is 6.20 Å². The summed E-state index contributed by atoms with van der Waals surface area (Å²) in [4.78, 5) is 9.14. The number of halogens is 1. The van der Waals surface area contributed by atoms with Gasteiger partial charge < -0.3 is 5.32 Å². The Morgan fingerprint density at radius 2 is 1.79 bits per heavy atom. The van der Waals surface area contributed by atoms with Crippen molar-refractivity contribution in [3.63, 3.8) is 0 Å². The lowest BCUT2D eigenvalue weighted by atomic mass is 9.99. The molecule has 1 heterocycles. The monoisotopic (exact) mass is 367 g/mol. The molecule has 0 bridgehead atoms. The van der Waals surface area contributed by atoms with Gasteiger partial charge in [0.1, 0.15) is 5.82 Å². The first-order chi connectivity index (χ1) is 9.02. The Labute approximate surface area is 128 Å². The molecule has 0 aliphatic carbocycles. The summed E-state index contributed by atoms with van der Waals surface area (Å²) in [6, 6.07) is 4.35. The Bertz CT molecular complexity index is 585. The molecule has 100 valence electrons. The van der Waals surface area contributed by atoms with Gasteiger partial charge in [0.15, 0.2) is 5.82 Å². The van der Waals surface area contributed by atoms with Gasteiger partial charge in [-0.2, -0.15) is 0 Å². The first-order valence-electron chi connectivity index (χ1n) is 6.37. The highest BCUT2D eigenvalue weighted by molar-refractivity contribution is 14.1. The minimum Gasteiger partial charge on any atom is -0.369 e. The molecular formula is C15H18IN3. The number of aromatic nitrogens is 2. The zero-order valence-corrected chi connectivity index (χ0v) is 13.9. The van der Waals surface area contributed by atoms with E-state index in [0.29, 0.717) is 0 Å². The van der Waals surface area contributed by atoms with Crippen molar-refractivity contribution in [3.05, 3.63) is 38.6 Å². The van der Waals surface area contributed by atoms with Crippen molar-refractivity contribution >= 4 is 28.4 Å². The molecule has 0 unspecified atom stereocenters. The topological polar surface area (TPSA) is 37.8 Å². The quantitative estimate of drug-likeness (QED) is 0.830. The number of nitrogens with one attached hydrogen (secondary N) is 1. The minimum absolute atomic E-state index is 0.798. The van der Waals surface area contributed by atoms with Gasteiger partial charge >= 0.3 is 0 Å². The van der Waals surface area contributed by atoms with Crippen LogP contribution in [0.1, 0.15) is 23.6 Å². The second kappa shape index (κ2) is 5.86. The first kappa shape index (κ1) is 14.2. The SMILES string of the molecule is CCNc1nc(-c2c(C)cc(C)cc2C)ncc1I. The molecule has 0 saturated heterocycles. The van der Waals surface area contributed by atoms with Crippen molar-refractivity contribution in [2.75, 3.05) is 11.9 Å². The average Bonchev–Trinajstić information content (AvgIpc) is 2.32. The van der Waals surface area contributed by atoms with Crippen LogP contribution < -0.4 is 5.32 Å². The van der Waals surface area contributed by atoms with E-state index in [0.717, 1.165) is 27.3 Å². The normalized spacial score (nSPS) is 10.6. The molecule has 19 heavy (non-hydrogen) atoms. The van der Waals surface area contributed by atoms with Crippen LogP contribution in [0.25, 0.3) is 11.4 Å². The van der Waals surface area contributed by atoms with Gasteiger partial charge in [0.05, 0.1) is 3.57 Å². The Morgan fingerprint density at radius 3 is 2.37 bits per heavy atom. The van der Waals surface area contributed by atoms with Crippen LogP contribution in [0.3, 0.4) is 0 Å². The molecule has 0 saturated carbocycles. The van der Waals surface area contributed by atoms with E-state index in [2.05, 4.69) is 77.7 Å². The summed E-state index contributed by atoms with van der Waals surface area (Å²) >= 11 is 2.25. The Hall–Kier alpha value is -1.17. The molecule has 3 nitrogen and oxygen atoms in total. The lowest BCUT2D eigenvalue weighted by Gasteiger charge is -2.12. The maximum atomic E-state index is 4.65. The molecule has 2 aromatic rings. The number of hydrogen-bond donors (Lipinski definition) is 1. The van der Waals surface area contributed by atoms with Crippen molar-refractivity contribution < 1.29 is 0 Å². The molecule has 0 fully saturated rings. The van der Waals surface area contributed by atoms with Gasteiger partial charge in [-0.05, 0) is 61.4 Å². The zero-order valence-electron chi connectivity index (χ0n) is 11.7. The predicted molar refractivity (Wildman–Crippen MR) is 88.6 cm³/mol. The Balaban J connectivity index is 2.56. The third kappa shape index (κ3) is 3.05. The fraction of sp³-hybridized carbons (Fsp3) is 0.333. The third-order valence-corrected chi connectivity index (χ3v) is 3.78. The molecule has 2 rings (SSSR count). The van der Waals surface area contributed by atoms with E-state index >= 15 is 0 Å². The zero-order chi connectivity index (χ0) is 14.0. The van der Waals surface area contributed by atoms with Gasteiger partial charge in [-0.1, -0.05) is 17.7 Å². The average molecular weight is 367 g/mol. The van der Waals surface area contributed by atoms with Crippen molar-refractivity contribution in [1.29, 1.82) is 0 Å². The highest BCUT2D eigenvalue weighted by atomic mass is 127. The lowest BCUT2D eigenvalue weighted by Crippen LogP contribution is -2.04. The van der Waals surface area contributed by atoms with Crippen molar-refractivity contribution in [3.8, 4) is 11.4 Å². The summed E-state index contributed by atoms with van der Waals surface area (Å²) < 4.78 is 1.05. The van der Waals surface area contributed by atoms with Crippen LogP contribution in [0, 0.1) is 24.3 Å². The fourth-order valence-electron chi connectivity index (χ4n) is 2.31. The van der Waals surface area contributed by atoms with E-state index < -0.39 is 0 Å². The third-order valence-electron chi connectivity index (χ3n) is 2.99. The van der Waals surface area contributed by atoms with E-state index in [1.165, 1.54) is 16.7 Å². The molecule has 4 heteroatoms. The molecule has 0 radical (unpaired) electrons. The van der Waals surface area contributed by atoms with Crippen molar-refractivity contribution in [2.45, 2.75) is 27.7 Å². The molecule has 0 aliphatic heterocycles. The predicted octanol–water partition coefficient (Wildman–Crippen LogP) is 4.11. The summed E-state index contributed by atoms with van der Waals surface area (Å²) in [5.74, 6) is 1.71. The smallest absolute Gasteiger partial charge is 0.162 e. The molecule has 0 spiro atoms. The summed E-state index contributed by atoms with van der Waals surface area (Å²) in [7, 11) is 0. The molecule has 1 N–H and O–H groups in total. The van der Waals surface area contributed by atoms with E-state index in [9.17, 15) is 0 Å². The number of hydrogen-bond acceptors (Lipinski definition) is 3. The standard InChI is InChI=1S/C15H18IN3/c1-5-17-14-12(16)8-18-15(19-14)13-10(3)6-9(2)7-11(13)4/h6-8H,5H2,1-4H3,(H,17,18,19). The molecular weight excluding hydrogens is 349 g/mol. The molecule has 1 aromatic heterocycles. The van der Waals surface area contributed by atoms with Gasteiger partial charge in [-0.3, -0.25) is 0 Å². The van der Waals surface area contributed by atoms with E-state index in [-0.39, 0.29) is 0 Å². The van der Waals surface area contributed by atoms with Crippen molar-refractivity contribution in [2.24, 2.45) is 0 Å². The van der Waals surface area contributed by atoms with Gasteiger partial charge in [0.2, 0.25) is 0 Å². The van der Waals surface area contributed by atoms with E-state index in [1.54, 1.807) is 0 Å². The van der Waals surface area contributed by atoms with Gasteiger partial charge in [0, 0.05) is 18.3 Å². The summed E-state index contributed by atoms with van der Waals surface area (Å²) in [5, 5.41) is 3.28. The van der Waals surface area contributed by atoms with Gasteiger partial charge in [-0.15, -0.1) is 0 Å². The number of aryl methyl sites for hydroxylation is 3. The highest BCUT2D eigenvalue weighted by Crippen LogP contribution is 2.27. The van der Waals surface area contributed by atoms with Crippen molar-refractivity contribution in [1.82, 2.24) is 9.97 Å². The van der Waals surface area contributed by atoms with Crippen LogP contribution >= 0.6 is 22.6 Å². The maximum Gasteiger partial charge on any atom is 0.162 e. The van der Waals surface area contributed by atoms with Crippen LogP contribution in [0.2, 0.25) is 0 Å². The number of rotatable bonds is 3. The lowest BCUT2D eigenvalue weighted by molar-refractivity contribution is 1.09. The Kier molecular flexibility index (Phi) is 4.39. The number of nitrogens with zero attached hydrogens (tertiary/aromatic N) is 2. The Morgan fingerprint density at radius 1 is 1.16 bits per heavy atom. The van der Waals surface area contributed by atoms with Gasteiger partial charge in [0.25, 0.3) is 0 Å². The summed E-state index contributed by atoms with van der Waals surface area (Å²) in [6.45, 7) is 9.27. The summed E-state index contributed by atoms with van der Waals surface area (Å²) in [5.41, 5.74) is 4.86. The minimum atomic E-state index is 0.798. The number of anilines is 1. The molecule has 0 amide bonds. The fourth-order valence-corrected chi connectivity index (χ4v) is 2.76. The van der Waals surface area contributed by atoms with Crippen LogP contribution in [0.5, 0.6) is 0 Å². The van der Waals surface area contributed by atoms with Crippen LogP contribution in [-0.4, -0.2) is 16.5 Å². The molecule has 0 aliphatic rings. The molecule has 0 atom stereocenters. The number of benzene rings is 1. The molecule has 1 aromatic carbocycles. The maximum absolute atomic E-state index is 4.65. The van der Waals surface area contributed by atoms with Crippen LogP contribution in [0.4, 0.5) is 5.82 Å². The van der Waals surface area contributed by atoms with Gasteiger partial charge in [-0.25, -0.2) is 9.97 Å².